The number of pyridine rings is 1. The fourth-order valence-corrected chi connectivity index (χ4v) is 2.93. The summed E-state index contributed by atoms with van der Waals surface area (Å²) in [5, 5.41) is 0. The monoisotopic (exact) mass is 433 g/mol. The molecule has 0 radical (unpaired) electrons. The fourth-order valence-electron chi connectivity index (χ4n) is 2.93. The highest BCUT2D eigenvalue weighted by Gasteiger charge is 2.34. The van der Waals surface area contributed by atoms with E-state index in [0.29, 0.717) is 0 Å². The van der Waals surface area contributed by atoms with Crippen LogP contribution in [-0.4, -0.2) is 23.8 Å². The van der Waals surface area contributed by atoms with Crippen molar-refractivity contribution in [2.24, 2.45) is 0 Å². The molecule has 0 spiro atoms. The molecule has 0 saturated carbocycles. The Morgan fingerprint density at radius 2 is 1.16 bits per heavy atom. The summed E-state index contributed by atoms with van der Waals surface area (Å²) in [5.41, 5.74) is 1.29. The molecule has 0 aliphatic heterocycles. The van der Waals surface area contributed by atoms with Gasteiger partial charge in [0.2, 0.25) is 0 Å². The van der Waals surface area contributed by atoms with E-state index in [4.69, 9.17) is 9.47 Å². The number of carbonyl (C=O) groups is 4. The lowest BCUT2D eigenvalue weighted by atomic mass is 10.1. The third-order valence-corrected chi connectivity index (χ3v) is 4.31. The number of aromatic amines is 1. The molecule has 3 aromatic rings. The predicted molar refractivity (Wildman–Crippen MR) is 114 cm³/mol. The SMILES string of the molecule is CC(=O)Oc1ccc(C(=O)N(C(=O)c2ccc(OC(C)=O)cc2)c2cc(C)cc[nH+]2)cc1. The largest absolute Gasteiger partial charge is 0.427 e. The Kier molecular flexibility index (Phi) is 6.74. The number of nitrogens with zero attached hydrogens (tertiary/aromatic N) is 1. The summed E-state index contributed by atoms with van der Waals surface area (Å²) in [4.78, 5) is 52.8. The number of aryl methyl sites for hydroxylation is 1. The van der Waals surface area contributed by atoms with Crippen LogP contribution in [0, 0.1) is 6.92 Å². The molecule has 2 amide bonds. The summed E-state index contributed by atoms with van der Waals surface area (Å²) in [5.74, 6) is -1.25. The quantitative estimate of drug-likeness (QED) is 0.348. The van der Waals surface area contributed by atoms with Gasteiger partial charge in [0.15, 0.2) is 0 Å². The van der Waals surface area contributed by atoms with Crippen LogP contribution in [0.3, 0.4) is 0 Å². The van der Waals surface area contributed by atoms with E-state index in [-0.39, 0.29) is 28.4 Å². The molecule has 2 aromatic carbocycles. The van der Waals surface area contributed by atoms with Gasteiger partial charge in [0.1, 0.15) is 11.5 Å². The lowest BCUT2D eigenvalue weighted by molar-refractivity contribution is -0.362. The number of hydrogen-bond donors (Lipinski definition) is 0. The maximum Gasteiger partial charge on any atom is 0.349 e. The second-order valence-electron chi connectivity index (χ2n) is 6.93. The van der Waals surface area contributed by atoms with Crippen molar-refractivity contribution in [3.8, 4) is 11.5 Å². The first-order valence-corrected chi connectivity index (χ1v) is 9.68. The molecule has 1 N–H and O–H groups in total. The standard InChI is InChI=1S/C24H20N2O6/c1-15-12-13-25-22(14-15)26(23(29)18-4-8-20(9-5-18)31-16(2)27)24(30)19-6-10-21(11-7-19)32-17(3)28/h4-14H,1-3H3/p+1. The van der Waals surface area contributed by atoms with Crippen LogP contribution in [0.25, 0.3) is 0 Å². The van der Waals surface area contributed by atoms with Gasteiger partial charge in [0.25, 0.3) is 5.82 Å². The van der Waals surface area contributed by atoms with Crippen LogP contribution < -0.4 is 19.4 Å². The van der Waals surface area contributed by atoms with Gasteiger partial charge in [0, 0.05) is 19.9 Å². The second kappa shape index (κ2) is 9.65. The minimum absolute atomic E-state index is 0.223. The average molecular weight is 433 g/mol. The van der Waals surface area contributed by atoms with Gasteiger partial charge in [-0.1, -0.05) is 0 Å². The molecule has 0 saturated heterocycles. The molecule has 0 atom stereocenters. The number of nitrogens with one attached hydrogen (secondary N) is 1. The van der Waals surface area contributed by atoms with Crippen LogP contribution in [0.2, 0.25) is 0 Å². The second-order valence-corrected chi connectivity index (χ2v) is 6.93. The fraction of sp³-hybridized carbons (Fsp3) is 0.125. The number of H-pyrrole nitrogens is 1. The molecule has 0 bridgehead atoms. The van der Waals surface area contributed by atoms with E-state index in [0.717, 1.165) is 10.5 Å². The first-order chi connectivity index (χ1) is 15.2. The Morgan fingerprint density at radius 1 is 0.719 bits per heavy atom. The molecule has 1 heterocycles. The highest BCUT2D eigenvalue weighted by atomic mass is 16.5. The molecular formula is C24H21N2O6+. The molecule has 0 unspecified atom stereocenters. The number of ether oxygens (including phenoxy) is 2. The third-order valence-electron chi connectivity index (χ3n) is 4.31. The molecule has 0 aliphatic carbocycles. The van der Waals surface area contributed by atoms with Crippen molar-refractivity contribution in [3.63, 3.8) is 0 Å². The lowest BCUT2D eigenvalue weighted by Crippen LogP contribution is -2.40. The number of anilines is 1. The van der Waals surface area contributed by atoms with Crippen LogP contribution in [0.15, 0.2) is 66.9 Å². The number of imide groups is 1. The Morgan fingerprint density at radius 3 is 1.53 bits per heavy atom. The maximum absolute atomic E-state index is 13.3. The van der Waals surface area contributed by atoms with Crippen LogP contribution in [-0.2, 0) is 9.59 Å². The number of esters is 2. The number of carbonyl (C=O) groups excluding carboxylic acids is 4. The van der Waals surface area contributed by atoms with Crippen LogP contribution >= 0.6 is 0 Å². The Labute approximate surface area is 184 Å². The normalized spacial score (nSPS) is 10.2. The van der Waals surface area contributed by atoms with Gasteiger partial charge in [-0.2, -0.15) is 0 Å². The number of benzene rings is 2. The molecule has 8 heteroatoms. The molecule has 8 nitrogen and oxygen atoms in total. The number of amides is 2. The van der Waals surface area contributed by atoms with Gasteiger partial charge in [-0.15, -0.1) is 4.90 Å². The van der Waals surface area contributed by atoms with E-state index in [1.165, 1.54) is 62.4 Å². The third kappa shape index (κ3) is 5.42. The smallest absolute Gasteiger partial charge is 0.349 e. The zero-order chi connectivity index (χ0) is 23.3. The van der Waals surface area contributed by atoms with E-state index in [2.05, 4.69) is 4.98 Å². The first kappa shape index (κ1) is 22.4. The van der Waals surface area contributed by atoms with Crippen LogP contribution in [0.5, 0.6) is 11.5 Å². The molecule has 0 aliphatic rings. The summed E-state index contributed by atoms with van der Waals surface area (Å²) in [7, 11) is 0. The Hall–Kier alpha value is -4.33. The number of rotatable bonds is 5. The summed E-state index contributed by atoms with van der Waals surface area (Å²) in [6.45, 7) is 4.39. The molecule has 32 heavy (non-hydrogen) atoms. The van der Waals surface area contributed by atoms with Gasteiger partial charge >= 0.3 is 23.8 Å². The molecular weight excluding hydrogens is 412 g/mol. The van der Waals surface area contributed by atoms with Gasteiger partial charge < -0.3 is 9.47 Å². The summed E-state index contributed by atoms with van der Waals surface area (Å²) < 4.78 is 9.98. The van der Waals surface area contributed by atoms with Crippen LogP contribution in [0.4, 0.5) is 5.82 Å². The topological polar surface area (TPSA) is 104 Å². The van der Waals surface area contributed by atoms with Crippen molar-refractivity contribution < 1.29 is 33.6 Å². The maximum atomic E-state index is 13.3. The highest BCUT2D eigenvalue weighted by Crippen LogP contribution is 2.21. The van der Waals surface area contributed by atoms with E-state index < -0.39 is 23.8 Å². The van der Waals surface area contributed by atoms with Gasteiger partial charge in [-0.05, 0) is 67.1 Å². The molecule has 3 rings (SSSR count). The van der Waals surface area contributed by atoms with Crippen molar-refractivity contribution in [2.45, 2.75) is 20.8 Å². The van der Waals surface area contributed by atoms with Gasteiger partial charge in [-0.3, -0.25) is 9.59 Å². The Balaban J connectivity index is 1.96. The van der Waals surface area contributed by atoms with E-state index >= 15 is 0 Å². The zero-order valence-corrected chi connectivity index (χ0v) is 17.7. The summed E-state index contributed by atoms with van der Waals surface area (Å²) in [6, 6.07) is 15.3. The first-order valence-electron chi connectivity index (χ1n) is 9.68. The highest BCUT2D eigenvalue weighted by molar-refractivity contribution is 6.25. The van der Waals surface area contributed by atoms with Crippen molar-refractivity contribution in [1.29, 1.82) is 0 Å². The van der Waals surface area contributed by atoms with Gasteiger partial charge in [0.05, 0.1) is 17.3 Å². The predicted octanol–water partition coefficient (Wildman–Crippen LogP) is 3.15. The van der Waals surface area contributed by atoms with Crippen molar-refractivity contribution in [3.05, 3.63) is 83.6 Å². The van der Waals surface area contributed by atoms with Gasteiger partial charge in [-0.25, -0.2) is 14.6 Å². The van der Waals surface area contributed by atoms with E-state index in [9.17, 15) is 19.2 Å². The van der Waals surface area contributed by atoms with Crippen LogP contribution in [0.1, 0.15) is 40.1 Å². The molecule has 1 aromatic heterocycles. The van der Waals surface area contributed by atoms with Crippen molar-refractivity contribution in [2.75, 3.05) is 4.90 Å². The zero-order valence-electron chi connectivity index (χ0n) is 17.7. The number of aromatic nitrogens is 1. The average Bonchev–Trinajstić information content (AvgIpc) is 2.74. The van der Waals surface area contributed by atoms with Crippen molar-refractivity contribution >= 4 is 29.6 Å². The summed E-state index contributed by atoms with van der Waals surface area (Å²) in [6.07, 6.45) is 1.63. The summed E-state index contributed by atoms with van der Waals surface area (Å²) >= 11 is 0. The van der Waals surface area contributed by atoms with E-state index in [1.54, 1.807) is 18.3 Å². The van der Waals surface area contributed by atoms with E-state index in [1.807, 2.05) is 6.92 Å². The lowest BCUT2D eigenvalue weighted by Gasteiger charge is -2.14. The minimum Gasteiger partial charge on any atom is -0.427 e. The molecule has 162 valence electrons. The Bertz CT molecular complexity index is 1100. The van der Waals surface area contributed by atoms with Crippen molar-refractivity contribution in [1.82, 2.24) is 0 Å². The minimum atomic E-state index is -0.574. The number of hydrogen-bond acceptors (Lipinski definition) is 6. The molecule has 0 fully saturated rings.